The number of thiophene rings is 1. The van der Waals surface area contributed by atoms with E-state index in [4.69, 9.17) is 0 Å². The van der Waals surface area contributed by atoms with Crippen LogP contribution >= 0.6 is 11.3 Å². The second-order valence-electron chi connectivity index (χ2n) is 4.62. The molecule has 0 aliphatic rings. The zero-order valence-electron chi connectivity index (χ0n) is 11.2. The number of anilines is 1. The maximum atomic E-state index is 10.2. The van der Waals surface area contributed by atoms with Gasteiger partial charge < -0.3 is 10.4 Å². The van der Waals surface area contributed by atoms with E-state index in [1.807, 2.05) is 31.4 Å². The number of aryl methyl sites for hydroxylation is 2. The first-order valence-electron chi connectivity index (χ1n) is 6.28. The molecule has 0 aromatic carbocycles. The van der Waals surface area contributed by atoms with E-state index >= 15 is 0 Å². The van der Waals surface area contributed by atoms with E-state index in [1.165, 1.54) is 6.33 Å². The summed E-state index contributed by atoms with van der Waals surface area (Å²) in [5, 5.41) is 19.5. The number of nitrogens with one attached hydrogen (secondary N) is 1. The maximum absolute atomic E-state index is 10.2. The Morgan fingerprint density at radius 1 is 1.45 bits per heavy atom. The summed E-state index contributed by atoms with van der Waals surface area (Å²) >= 11 is 1.56. The van der Waals surface area contributed by atoms with Crippen molar-refractivity contribution in [3.05, 3.63) is 40.0 Å². The van der Waals surface area contributed by atoms with Crippen LogP contribution in [0.3, 0.4) is 0 Å². The molecule has 3 rings (SSSR count). The Labute approximate surface area is 120 Å². The number of fused-ring (bicyclic) bond motifs is 1. The third kappa shape index (κ3) is 2.37. The van der Waals surface area contributed by atoms with Crippen molar-refractivity contribution in [1.29, 1.82) is 0 Å². The summed E-state index contributed by atoms with van der Waals surface area (Å²) in [5.74, 6) is 1.33. The smallest absolute Gasteiger partial charge is 0.254 e. The monoisotopic (exact) mass is 289 g/mol. The molecule has 6 nitrogen and oxygen atoms in total. The highest BCUT2D eigenvalue weighted by Gasteiger charge is 2.13. The molecule has 0 fully saturated rings. The van der Waals surface area contributed by atoms with Gasteiger partial charge in [-0.25, -0.2) is 4.98 Å². The minimum Gasteiger partial charge on any atom is -0.386 e. The fourth-order valence-electron chi connectivity index (χ4n) is 2.08. The number of rotatable bonds is 4. The van der Waals surface area contributed by atoms with E-state index in [0.29, 0.717) is 12.3 Å². The lowest BCUT2D eigenvalue weighted by molar-refractivity contribution is 0.194. The van der Waals surface area contributed by atoms with Gasteiger partial charge in [-0.05, 0) is 30.9 Å². The molecule has 1 atom stereocenters. The minimum absolute atomic E-state index is 0.416. The summed E-state index contributed by atoms with van der Waals surface area (Å²) in [6.45, 7) is 4.32. The molecule has 3 aromatic heterocycles. The summed E-state index contributed by atoms with van der Waals surface area (Å²) in [6, 6.07) is 3.89. The highest BCUT2D eigenvalue weighted by atomic mass is 32.1. The number of hydrogen-bond donors (Lipinski definition) is 2. The van der Waals surface area contributed by atoms with Crippen LogP contribution in [-0.2, 0) is 0 Å². The number of nitrogens with zero attached hydrogens (tertiary/aromatic N) is 4. The van der Waals surface area contributed by atoms with Crippen molar-refractivity contribution in [3.63, 3.8) is 0 Å². The number of aliphatic hydroxyl groups excluding tert-OH is 1. The van der Waals surface area contributed by atoms with Crippen molar-refractivity contribution in [3.8, 4) is 0 Å². The summed E-state index contributed by atoms with van der Waals surface area (Å²) < 4.78 is 1.63. The van der Waals surface area contributed by atoms with Gasteiger partial charge in [0.1, 0.15) is 18.2 Å². The van der Waals surface area contributed by atoms with Crippen LogP contribution in [0.5, 0.6) is 0 Å². The normalized spacial score (nSPS) is 12.8. The molecule has 2 N–H and O–H groups in total. The molecule has 3 aromatic rings. The molecule has 0 saturated heterocycles. The molecular weight excluding hydrogens is 274 g/mol. The molecule has 0 amide bonds. The van der Waals surface area contributed by atoms with Gasteiger partial charge in [-0.3, -0.25) is 0 Å². The molecule has 0 spiro atoms. The Bertz CT molecular complexity index is 735. The van der Waals surface area contributed by atoms with Crippen LogP contribution < -0.4 is 5.32 Å². The van der Waals surface area contributed by atoms with Crippen molar-refractivity contribution >= 4 is 22.9 Å². The van der Waals surface area contributed by atoms with Crippen molar-refractivity contribution in [2.24, 2.45) is 0 Å². The molecule has 0 bridgehead atoms. The lowest BCUT2D eigenvalue weighted by Gasteiger charge is -2.13. The standard InChI is InChI=1S/C13H15N5OS/c1-8-3-4-20-12(8)10(19)6-14-11-5-9(2)17-13-15-7-16-18(11)13/h3-5,7,10,14,19H,6H2,1-2H3. The van der Waals surface area contributed by atoms with Gasteiger partial charge in [0.15, 0.2) is 0 Å². The van der Waals surface area contributed by atoms with Gasteiger partial charge >= 0.3 is 0 Å². The van der Waals surface area contributed by atoms with Crippen molar-refractivity contribution in [2.45, 2.75) is 20.0 Å². The molecule has 0 aliphatic carbocycles. The van der Waals surface area contributed by atoms with Crippen LogP contribution in [-0.4, -0.2) is 31.2 Å². The molecule has 1 unspecified atom stereocenters. The summed E-state index contributed by atoms with van der Waals surface area (Å²) in [5.41, 5.74) is 1.97. The molecule has 3 heterocycles. The molecule has 0 radical (unpaired) electrons. The molecule has 20 heavy (non-hydrogen) atoms. The van der Waals surface area contributed by atoms with Crippen LogP contribution in [0.2, 0.25) is 0 Å². The largest absolute Gasteiger partial charge is 0.386 e. The van der Waals surface area contributed by atoms with E-state index in [2.05, 4.69) is 20.4 Å². The van der Waals surface area contributed by atoms with Gasteiger partial charge in [0.25, 0.3) is 5.78 Å². The number of aromatic nitrogens is 4. The van der Waals surface area contributed by atoms with Crippen LogP contribution in [0.25, 0.3) is 5.78 Å². The average Bonchev–Trinajstić information content (AvgIpc) is 3.03. The molecule has 0 aliphatic heterocycles. The summed E-state index contributed by atoms with van der Waals surface area (Å²) in [6.07, 6.45) is 0.925. The van der Waals surface area contributed by atoms with Crippen molar-refractivity contribution < 1.29 is 5.11 Å². The van der Waals surface area contributed by atoms with Gasteiger partial charge in [0.2, 0.25) is 0 Å². The zero-order chi connectivity index (χ0) is 14.1. The van der Waals surface area contributed by atoms with Gasteiger partial charge in [0, 0.05) is 23.2 Å². The Balaban J connectivity index is 1.80. The fourth-order valence-corrected chi connectivity index (χ4v) is 2.99. The van der Waals surface area contributed by atoms with Crippen LogP contribution in [0, 0.1) is 13.8 Å². The first-order chi connectivity index (χ1) is 9.65. The van der Waals surface area contributed by atoms with Gasteiger partial charge in [-0.1, -0.05) is 0 Å². The van der Waals surface area contributed by atoms with E-state index < -0.39 is 6.10 Å². The lowest BCUT2D eigenvalue weighted by atomic mass is 10.2. The van der Waals surface area contributed by atoms with Gasteiger partial charge in [-0.15, -0.1) is 11.3 Å². The van der Waals surface area contributed by atoms with Crippen molar-refractivity contribution in [2.75, 3.05) is 11.9 Å². The van der Waals surface area contributed by atoms with Gasteiger partial charge in [-0.2, -0.15) is 14.6 Å². The molecular formula is C13H15N5OS. The number of aliphatic hydroxyl groups is 1. The molecule has 104 valence electrons. The van der Waals surface area contributed by atoms with Crippen LogP contribution in [0.4, 0.5) is 5.82 Å². The van der Waals surface area contributed by atoms with E-state index in [9.17, 15) is 5.11 Å². The van der Waals surface area contributed by atoms with Crippen LogP contribution in [0.15, 0.2) is 23.8 Å². The first-order valence-corrected chi connectivity index (χ1v) is 7.16. The summed E-state index contributed by atoms with van der Waals surface area (Å²) in [7, 11) is 0. The fraction of sp³-hybridized carbons (Fsp3) is 0.308. The quantitative estimate of drug-likeness (QED) is 0.768. The predicted molar refractivity (Wildman–Crippen MR) is 78.0 cm³/mol. The Hall–Kier alpha value is -1.99. The maximum Gasteiger partial charge on any atom is 0.254 e. The SMILES string of the molecule is Cc1cc(NCC(O)c2sccc2C)n2ncnc2n1. The zero-order valence-corrected chi connectivity index (χ0v) is 12.1. The topological polar surface area (TPSA) is 75.3 Å². The lowest BCUT2D eigenvalue weighted by Crippen LogP contribution is -2.14. The highest BCUT2D eigenvalue weighted by molar-refractivity contribution is 7.10. The predicted octanol–water partition coefficient (Wildman–Crippen LogP) is 1.95. The molecule has 7 heteroatoms. The average molecular weight is 289 g/mol. The molecule has 0 saturated carbocycles. The third-order valence-corrected chi connectivity index (χ3v) is 4.18. The Morgan fingerprint density at radius 3 is 3.05 bits per heavy atom. The highest BCUT2D eigenvalue weighted by Crippen LogP contribution is 2.24. The van der Waals surface area contributed by atoms with E-state index in [1.54, 1.807) is 15.9 Å². The second kappa shape index (κ2) is 5.18. The van der Waals surface area contributed by atoms with Gasteiger partial charge in [0.05, 0.1) is 0 Å². The minimum atomic E-state index is -0.540. The summed E-state index contributed by atoms with van der Waals surface area (Å²) in [4.78, 5) is 9.33. The van der Waals surface area contributed by atoms with Crippen molar-refractivity contribution in [1.82, 2.24) is 19.6 Å². The second-order valence-corrected chi connectivity index (χ2v) is 5.57. The van der Waals surface area contributed by atoms with E-state index in [0.717, 1.165) is 22.0 Å². The third-order valence-electron chi connectivity index (χ3n) is 3.06. The Kier molecular flexibility index (Phi) is 3.37. The Morgan fingerprint density at radius 2 is 2.30 bits per heavy atom. The van der Waals surface area contributed by atoms with Crippen LogP contribution in [0.1, 0.15) is 22.2 Å². The van der Waals surface area contributed by atoms with E-state index in [-0.39, 0.29) is 0 Å². The first kappa shape index (κ1) is 13.0. The number of hydrogen-bond acceptors (Lipinski definition) is 6.